The molecule has 0 atom stereocenters. The molecular formula is C23H25N3O4S2. The molecule has 2 aromatic heterocycles. The van der Waals surface area contributed by atoms with Crippen LogP contribution in [0, 0.1) is 0 Å². The summed E-state index contributed by atoms with van der Waals surface area (Å²) in [6, 6.07) is 13.3. The predicted molar refractivity (Wildman–Crippen MR) is 123 cm³/mol. The monoisotopic (exact) mass is 471 g/mol. The van der Waals surface area contributed by atoms with Gasteiger partial charge < -0.3 is 10.1 Å². The molecule has 1 aliphatic rings. The standard InChI is InChI=1S/C23H25N3O4S2/c27-23(25-15-17-7-12-22(24-14-17)30-19-4-1-2-5-19)18-8-10-21(11-9-18)32(28,29)26-16-20-6-3-13-31-20/h3,6-14,19,26H,1-2,4-5,15-16H2,(H,25,27). The molecular weight excluding hydrogens is 446 g/mol. The molecule has 1 fully saturated rings. The first-order valence-corrected chi connectivity index (χ1v) is 12.9. The highest BCUT2D eigenvalue weighted by Gasteiger charge is 2.17. The van der Waals surface area contributed by atoms with Gasteiger partial charge in [-0.05, 0) is 67.0 Å². The minimum atomic E-state index is -3.64. The van der Waals surface area contributed by atoms with Gasteiger partial charge >= 0.3 is 0 Å². The Morgan fingerprint density at radius 1 is 1.06 bits per heavy atom. The number of thiophene rings is 1. The van der Waals surface area contributed by atoms with Crippen molar-refractivity contribution < 1.29 is 17.9 Å². The number of carbonyl (C=O) groups excluding carboxylic acids is 1. The number of nitrogens with one attached hydrogen (secondary N) is 2. The molecule has 1 amide bonds. The molecule has 1 aliphatic carbocycles. The van der Waals surface area contributed by atoms with E-state index >= 15 is 0 Å². The van der Waals surface area contributed by atoms with Crippen LogP contribution in [0.2, 0.25) is 0 Å². The van der Waals surface area contributed by atoms with Gasteiger partial charge in [-0.3, -0.25) is 4.79 Å². The molecule has 0 aliphatic heterocycles. The van der Waals surface area contributed by atoms with Gasteiger partial charge in [0.2, 0.25) is 15.9 Å². The van der Waals surface area contributed by atoms with E-state index in [2.05, 4.69) is 15.0 Å². The van der Waals surface area contributed by atoms with Gasteiger partial charge in [0, 0.05) is 35.8 Å². The number of aromatic nitrogens is 1. The van der Waals surface area contributed by atoms with E-state index in [1.54, 1.807) is 6.20 Å². The molecule has 0 radical (unpaired) electrons. The second-order valence-corrected chi connectivity index (χ2v) is 10.4. The van der Waals surface area contributed by atoms with Crippen LogP contribution in [0.4, 0.5) is 0 Å². The van der Waals surface area contributed by atoms with Crippen molar-refractivity contribution in [3.63, 3.8) is 0 Å². The highest BCUT2D eigenvalue weighted by Crippen LogP contribution is 2.23. The molecule has 2 heterocycles. The number of sulfonamides is 1. The van der Waals surface area contributed by atoms with Crippen LogP contribution in [0.1, 0.15) is 46.5 Å². The molecule has 32 heavy (non-hydrogen) atoms. The van der Waals surface area contributed by atoms with Gasteiger partial charge in [0.15, 0.2) is 0 Å². The maximum absolute atomic E-state index is 12.4. The van der Waals surface area contributed by atoms with Crippen molar-refractivity contribution in [1.29, 1.82) is 0 Å². The molecule has 0 unspecified atom stereocenters. The van der Waals surface area contributed by atoms with Crippen LogP contribution in [0.3, 0.4) is 0 Å². The van der Waals surface area contributed by atoms with E-state index < -0.39 is 10.0 Å². The molecule has 1 aromatic carbocycles. The summed E-state index contributed by atoms with van der Waals surface area (Å²) < 4.78 is 33.3. The molecule has 2 N–H and O–H groups in total. The summed E-state index contributed by atoms with van der Waals surface area (Å²) in [6.07, 6.45) is 6.50. The number of amides is 1. The Hall–Kier alpha value is -2.75. The number of hydrogen-bond donors (Lipinski definition) is 2. The van der Waals surface area contributed by atoms with E-state index in [1.807, 2.05) is 29.6 Å². The van der Waals surface area contributed by atoms with E-state index in [0.29, 0.717) is 18.0 Å². The van der Waals surface area contributed by atoms with Crippen LogP contribution in [-0.4, -0.2) is 25.4 Å². The van der Waals surface area contributed by atoms with E-state index in [9.17, 15) is 13.2 Å². The lowest BCUT2D eigenvalue weighted by Gasteiger charge is -2.12. The summed E-state index contributed by atoms with van der Waals surface area (Å²) in [5.41, 5.74) is 1.24. The topological polar surface area (TPSA) is 97.4 Å². The predicted octanol–water partition coefficient (Wildman–Crippen LogP) is 3.87. The fourth-order valence-electron chi connectivity index (χ4n) is 3.49. The number of benzene rings is 1. The Balaban J connectivity index is 1.28. The lowest BCUT2D eigenvalue weighted by Crippen LogP contribution is -2.24. The Kier molecular flexibility index (Phi) is 7.19. The summed E-state index contributed by atoms with van der Waals surface area (Å²) in [4.78, 5) is 17.8. The normalized spacial score (nSPS) is 14.4. The summed E-state index contributed by atoms with van der Waals surface area (Å²) in [5, 5.41) is 4.72. The molecule has 0 spiro atoms. The van der Waals surface area contributed by atoms with E-state index in [1.165, 1.54) is 48.4 Å². The SMILES string of the molecule is O=C(NCc1ccc(OC2CCCC2)nc1)c1ccc(S(=O)(=O)NCc2cccs2)cc1. The van der Waals surface area contributed by atoms with Gasteiger partial charge in [0.25, 0.3) is 5.91 Å². The maximum Gasteiger partial charge on any atom is 0.251 e. The Morgan fingerprint density at radius 3 is 2.50 bits per heavy atom. The lowest BCUT2D eigenvalue weighted by molar-refractivity contribution is 0.0951. The Bertz CT molecular complexity index is 1120. The van der Waals surface area contributed by atoms with Crippen molar-refractivity contribution in [2.24, 2.45) is 0 Å². The number of rotatable bonds is 9. The Labute approximate surface area is 191 Å². The van der Waals surface area contributed by atoms with Crippen molar-refractivity contribution in [2.45, 2.75) is 49.8 Å². The first-order chi connectivity index (χ1) is 15.5. The number of pyridine rings is 1. The minimum absolute atomic E-state index is 0.118. The average Bonchev–Trinajstić information content (AvgIpc) is 3.52. The quantitative estimate of drug-likeness (QED) is 0.494. The fourth-order valence-corrected chi connectivity index (χ4v) is 5.24. The average molecular weight is 472 g/mol. The summed E-state index contributed by atoms with van der Waals surface area (Å²) in [5.74, 6) is 0.322. The van der Waals surface area contributed by atoms with Crippen molar-refractivity contribution in [3.05, 3.63) is 76.1 Å². The third kappa shape index (κ3) is 5.93. The molecule has 0 bridgehead atoms. The molecule has 0 saturated heterocycles. The molecule has 1 saturated carbocycles. The summed E-state index contributed by atoms with van der Waals surface area (Å²) >= 11 is 1.49. The summed E-state index contributed by atoms with van der Waals surface area (Å²) in [6.45, 7) is 0.554. The second-order valence-electron chi connectivity index (χ2n) is 7.64. The fraction of sp³-hybridized carbons (Fsp3) is 0.304. The smallest absolute Gasteiger partial charge is 0.251 e. The van der Waals surface area contributed by atoms with Gasteiger partial charge in [0.05, 0.1) is 4.90 Å². The molecule has 3 aromatic rings. The third-order valence-electron chi connectivity index (χ3n) is 5.28. The first-order valence-electron chi connectivity index (χ1n) is 10.5. The third-order valence-corrected chi connectivity index (χ3v) is 7.58. The van der Waals surface area contributed by atoms with Crippen LogP contribution in [0.5, 0.6) is 5.88 Å². The minimum Gasteiger partial charge on any atom is -0.474 e. The zero-order valence-corrected chi connectivity index (χ0v) is 19.1. The first kappa shape index (κ1) is 22.4. The van der Waals surface area contributed by atoms with Crippen molar-refractivity contribution >= 4 is 27.3 Å². The van der Waals surface area contributed by atoms with Crippen LogP contribution in [0.15, 0.2) is 65.0 Å². The highest BCUT2D eigenvalue weighted by atomic mass is 32.2. The molecule has 4 rings (SSSR count). The van der Waals surface area contributed by atoms with Gasteiger partial charge in [-0.1, -0.05) is 12.1 Å². The number of carbonyl (C=O) groups is 1. The van der Waals surface area contributed by atoms with Crippen molar-refractivity contribution in [2.75, 3.05) is 0 Å². The van der Waals surface area contributed by atoms with Gasteiger partial charge in [-0.15, -0.1) is 11.3 Å². The number of ether oxygens (including phenoxy) is 1. The summed E-state index contributed by atoms with van der Waals surface area (Å²) in [7, 11) is -3.64. The van der Waals surface area contributed by atoms with Crippen LogP contribution >= 0.6 is 11.3 Å². The van der Waals surface area contributed by atoms with Gasteiger partial charge in [0.1, 0.15) is 6.10 Å². The van der Waals surface area contributed by atoms with Crippen LogP contribution in [0.25, 0.3) is 0 Å². The number of nitrogens with zero attached hydrogens (tertiary/aromatic N) is 1. The molecule has 9 heteroatoms. The van der Waals surface area contributed by atoms with E-state index in [0.717, 1.165) is 23.3 Å². The maximum atomic E-state index is 12.4. The van der Waals surface area contributed by atoms with Crippen molar-refractivity contribution in [3.8, 4) is 5.88 Å². The second kappa shape index (κ2) is 10.2. The van der Waals surface area contributed by atoms with E-state index in [4.69, 9.17) is 4.74 Å². The van der Waals surface area contributed by atoms with Gasteiger partial charge in [-0.25, -0.2) is 18.1 Å². The van der Waals surface area contributed by atoms with Crippen LogP contribution < -0.4 is 14.8 Å². The van der Waals surface area contributed by atoms with Crippen LogP contribution in [-0.2, 0) is 23.1 Å². The largest absolute Gasteiger partial charge is 0.474 e. The zero-order valence-electron chi connectivity index (χ0n) is 17.5. The van der Waals surface area contributed by atoms with Crippen molar-refractivity contribution in [1.82, 2.24) is 15.0 Å². The van der Waals surface area contributed by atoms with E-state index in [-0.39, 0.29) is 23.5 Å². The van der Waals surface area contributed by atoms with Gasteiger partial charge in [-0.2, -0.15) is 0 Å². The number of hydrogen-bond acceptors (Lipinski definition) is 6. The highest BCUT2D eigenvalue weighted by molar-refractivity contribution is 7.89. The zero-order chi connectivity index (χ0) is 22.4. The lowest BCUT2D eigenvalue weighted by atomic mass is 10.2. The Morgan fingerprint density at radius 2 is 1.84 bits per heavy atom. The molecule has 168 valence electrons. The molecule has 7 nitrogen and oxygen atoms in total.